The summed E-state index contributed by atoms with van der Waals surface area (Å²) in [5.41, 5.74) is 1.96. The monoisotopic (exact) mass is 428 g/mol. The van der Waals surface area contributed by atoms with E-state index in [4.69, 9.17) is 32.8 Å². The van der Waals surface area contributed by atoms with Crippen LogP contribution in [0.3, 0.4) is 0 Å². The second kappa shape index (κ2) is 6.05. The van der Waals surface area contributed by atoms with Crippen molar-refractivity contribution in [3.8, 4) is 0 Å². The van der Waals surface area contributed by atoms with Crippen LogP contribution < -0.4 is 4.90 Å². The van der Waals surface area contributed by atoms with Gasteiger partial charge in [-0.25, -0.2) is 4.90 Å². The van der Waals surface area contributed by atoms with Crippen LogP contribution in [0.4, 0.5) is 5.69 Å². The fourth-order valence-electron chi connectivity index (χ4n) is 5.09. The Morgan fingerprint density at radius 1 is 0.828 bits per heavy atom. The van der Waals surface area contributed by atoms with Gasteiger partial charge in [-0.05, 0) is 30.3 Å². The Bertz CT molecular complexity index is 1090. The average molecular weight is 429 g/mol. The molecule has 0 N–H and O–H groups in total. The SMILES string of the molecule is O=C1[C@@H]2[C@@H]3O[C@@H]([C@H]4C(c5ccccc5Cl)=NO[C@@H]34)[C@@H]2C(=O)N1c1ccc(Cl)cc1. The summed E-state index contributed by atoms with van der Waals surface area (Å²) in [6, 6.07) is 14.1. The highest BCUT2D eigenvalue weighted by molar-refractivity contribution is 6.34. The number of carbonyl (C=O) groups excluding carboxylic acids is 2. The third-order valence-corrected chi connectivity index (χ3v) is 6.86. The molecule has 29 heavy (non-hydrogen) atoms. The number of hydrogen-bond donors (Lipinski definition) is 0. The molecule has 8 heteroatoms. The number of nitrogens with zero attached hydrogens (tertiary/aromatic N) is 2. The molecule has 6 rings (SSSR count). The van der Waals surface area contributed by atoms with Crippen LogP contribution in [0, 0.1) is 17.8 Å². The van der Waals surface area contributed by atoms with E-state index >= 15 is 0 Å². The van der Waals surface area contributed by atoms with Crippen LogP contribution >= 0.6 is 23.2 Å². The van der Waals surface area contributed by atoms with Gasteiger partial charge in [0.05, 0.1) is 35.3 Å². The predicted octanol–water partition coefficient (Wildman–Crippen LogP) is 3.30. The number of halogens is 2. The normalized spacial score (nSPS) is 34.3. The maximum Gasteiger partial charge on any atom is 0.240 e. The Morgan fingerprint density at radius 3 is 2.24 bits per heavy atom. The maximum absolute atomic E-state index is 13.3. The van der Waals surface area contributed by atoms with Crippen molar-refractivity contribution in [1.82, 2.24) is 0 Å². The molecule has 3 saturated heterocycles. The smallest absolute Gasteiger partial charge is 0.240 e. The highest BCUT2D eigenvalue weighted by atomic mass is 35.5. The molecule has 4 aliphatic heterocycles. The van der Waals surface area contributed by atoms with Crippen molar-refractivity contribution in [3.63, 3.8) is 0 Å². The first-order valence-corrected chi connectivity index (χ1v) is 10.1. The lowest BCUT2D eigenvalue weighted by molar-refractivity contribution is -0.125. The predicted molar refractivity (Wildman–Crippen MR) is 106 cm³/mol. The van der Waals surface area contributed by atoms with Crippen LogP contribution in [0.5, 0.6) is 0 Å². The van der Waals surface area contributed by atoms with Gasteiger partial charge in [0.25, 0.3) is 0 Å². The molecular formula is C21H14Cl2N2O4. The number of hydrogen-bond acceptors (Lipinski definition) is 5. The van der Waals surface area contributed by atoms with E-state index in [0.717, 1.165) is 5.56 Å². The van der Waals surface area contributed by atoms with Crippen molar-refractivity contribution in [2.45, 2.75) is 18.3 Å². The van der Waals surface area contributed by atoms with Crippen LogP contribution in [0.25, 0.3) is 0 Å². The number of oxime groups is 1. The molecule has 2 bridgehead atoms. The molecule has 0 saturated carbocycles. The molecule has 2 aromatic rings. The maximum atomic E-state index is 13.3. The van der Waals surface area contributed by atoms with Gasteiger partial charge in [0, 0.05) is 15.6 Å². The Hall–Kier alpha value is -2.41. The van der Waals surface area contributed by atoms with Gasteiger partial charge in [-0.2, -0.15) is 0 Å². The first kappa shape index (κ1) is 17.4. The van der Waals surface area contributed by atoms with Crippen LogP contribution in [0.1, 0.15) is 5.56 Å². The van der Waals surface area contributed by atoms with Crippen molar-refractivity contribution in [3.05, 3.63) is 64.1 Å². The number of benzene rings is 2. The van der Waals surface area contributed by atoms with Crippen LogP contribution in [0.15, 0.2) is 53.7 Å². The van der Waals surface area contributed by atoms with Gasteiger partial charge >= 0.3 is 0 Å². The molecule has 0 aliphatic carbocycles. The zero-order valence-corrected chi connectivity index (χ0v) is 16.4. The molecule has 2 aromatic carbocycles. The lowest BCUT2D eigenvalue weighted by Crippen LogP contribution is -2.45. The van der Waals surface area contributed by atoms with Crippen molar-refractivity contribution >= 4 is 46.4 Å². The molecule has 4 aliphatic rings. The summed E-state index contributed by atoms with van der Waals surface area (Å²) in [6.45, 7) is 0. The molecule has 146 valence electrons. The quantitative estimate of drug-likeness (QED) is 0.688. The molecule has 4 heterocycles. The zero-order chi connectivity index (χ0) is 19.9. The Kier molecular flexibility index (Phi) is 3.64. The summed E-state index contributed by atoms with van der Waals surface area (Å²) < 4.78 is 6.10. The largest absolute Gasteiger partial charge is 0.389 e. The summed E-state index contributed by atoms with van der Waals surface area (Å²) in [5, 5.41) is 5.36. The van der Waals surface area contributed by atoms with E-state index in [0.29, 0.717) is 21.4 Å². The van der Waals surface area contributed by atoms with Gasteiger partial charge in [-0.15, -0.1) is 0 Å². The van der Waals surface area contributed by atoms with E-state index in [1.165, 1.54) is 4.90 Å². The Balaban J connectivity index is 1.37. The molecular weight excluding hydrogens is 415 g/mol. The van der Waals surface area contributed by atoms with Gasteiger partial charge in [0.15, 0.2) is 6.10 Å². The number of imide groups is 1. The number of anilines is 1. The van der Waals surface area contributed by atoms with Crippen molar-refractivity contribution in [2.24, 2.45) is 22.9 Å². The highest BCUT2D eigenvalue weighted by Gasteiger charge is 2.72. The molecule has 0 spiro atoms. The highest BCUT2D eigenvalue weighted by Crippen LogP contribution is 2.55. The molecule has 0 unspecified atom stereocenters. The van der Waals surface area contributed by atoms with Crippen LogP contribution in [-0.4, -0.2) is 35.8 Å². The molecule has 2 amide bonds. The van der Waals surface area contributed by atoms with Crippen molar-refractivity contribution < 1.29 is 19.2 Å². The number of carbonyl (C=O) groups is 2. The number of amides is 2. The molecule has 0 radical (unpaired) electrons. The van der Waals surface area contributed by atoms with Gasteiger partial charge in [-0.3, -0.25) is 9.59 Å². The number of ether oxygens (including phenoxy) is 1. The first-order valence-electron chi connectivity index (χ1n) is 9.34. The van der Waals surface area contributed by atoms with Crippen LogP contribution in [-0.2, 0) is 19.2 Å². The Morgan fingerprint density at radius 2 is 1.52 bits per heavy atom. The van der Waals surface area contributed by atoms with E-state index in [1.54, 1.807) is 30.3 Å². The minimum Gasteiger partial charge on any atom is -0.389 e. The fourth-order valence-corrected chi connectivity index (χ4v) is 5.45. The van der Waals surface area contributed by atoms with Crippen molar-refractivity contribution in [2.75, 3.05) is 4.90 Å². The minimum atomic E-state index is -0.565. The molecule has 3 fully saturated rings. The van der Waals surface area contributed by atoms with E-state index in [2.05, 4.69) is 5.16 Å². The summed E-state index contributed by atoms with van der Waals surface area (Å²) in [5.74, 6) is -1.87. The third kappa shape index (κ3) is 2.25. The van der Waals surface area contributed by atoms with E-state index in [-0.39, 0.29) is 17.7 Å². The second-order valence-electron chi connectivity index (χ2n) is 7.66. The first-order chi connectivity index (χ1) is 14.1. The van der Waals surface area contributed by atoms with E-state index in [1.807, 2.05) is 18.2 Å². The third-order valence-electron chi connectivity index (χ3n) is 6.27. The van der Waals surface area contributed by atoms with Gasteiger partial charge in [-0.1, -0.05) is 46.6 Å². The summed E-state index contributed by atoms with van der Waals surface area (Å²) in [6.07, 6.45) is -1.37. The topological polar surface area (TPSA) is 68.2 Å². The lowest BCUT2D eigenvalue weighted by atomic mass is 9.71. The second-order valence-corrected chi connectivity index (χ2v) is 8.50. The number of rotatable bonds is 2. The Labute approximate surface area is 176 Å². The van der Waals surface area contributed by atoms with Crippen LogP contribution in [0.2, 0.25) is 10.0 Å². The van der Waals surface area contributed by atoms with E-state index in [9.17, 15) is 9.59 Å². The average Bonchev–Trinajstić information content (AvgIpc) is 3.44. The van der Waals surface area contributed by atoms with Gasteiger partial charge in [0.2, 0.25) is 11.8 Å². The summed E-state index contributed by atoms with van der Waals surface area (Å²) in [4.78, 5) is 33.3. The van der Waals surface area contributed by atoms with Crippen molar-refractivity contribution in [1.29, 1.82) is 0 Å². The zero-order valence-electron chi connectivity index (χ0n) is 14.9. The molecule has 0 aromatic heterocycles. The minimum absolute atomic E-state index is 0.233. The summed E-state index contributed by atoms with van der Waals surface area (Å²) >= 11 is 12.3. The van der Waals surface area contributed by atoms with Gasteiger partial charge in [0.1, 0.15) is 6.10 Å². The standard InChI is InChI=1S/C21H14Cl2N2O4/c22-9-5-7-10(8-6-9)25-20(26)13-14(21(25)27)18-19-15(17(13)28-18)16(24-29-19)11-3-1-2-4-12(11)23/h1-8,13-15,17-19H/t13-,14+,15-,17-,18+,19-/m1/s1. The molecule has 6 nitrogen and oxygen atoms in total. The summed E-state index contributed by atoms with van der Waals surface area (Å²) in [7, 11) is 0. The van der Waals surface area contributed by atoms with E-state index < -0.39 is 30.1 Å². The number of fused-ring (bicyclic) bond motifs is 8. The van der Waals surface area contributed by atoms with Gasteiger partial charge < -0.3 is 9.57 Å². The lowest BCUT2D eigenvalue weighted by Gasteiger charge is -2.26. The molecule has 6 atom stereocenters. The fraction of sp³-hybridized carbons (Fsp3) is 0.286.